The van der Waals surface area contributed by atoms with Crippen LogP contribution in [0.1, 0.15) is 56.2 Å². The highest BCUT2D eigenvalue weighted by atomic mass is 32.2. The Bertz CT molecular complexity index is 1510. The first kappa shape index (κ1) is 26.0. The molecule has 1 saturated heterocycles. The molecule has 1 aliphatic heterocycles. The summed E-state index contributed by atoms with van der Waals surface area (Å²) in [6.07, 6.45) is 5.34. The first-order valence-corrected chi connectivity index (χ1v) is 14.0. The van der Waals surface area contributed by atoms with Gasteiger partial charge in [0, 0.05) is 22.0 Å². The molecule has 3 aromatic rings. The topological polar surface area (TPSA) is 109 Å². The number of benzene rings is 1. The lowest BCUT2D eigenvalue weighted by atomic mass is 9.95. The Labute approximate surface area is 228 Å². The molecule has 1 aromatic carbocycles. The van der Waals surface area contributed by atoms with Crippen molar-refractivity contribution in [1.82, 2.24) is 9.47 Å². The number of aryl methyl sites for hydroxylation is 3. The van der Waals surface area contributed by atoms with Gasteiger partial charge in [0.2, 0.25) is 5.91 Å². The number of amides is 3. The van der Waals surface area contributed by atoms with E-state index in [9.17, 15) is 24.3 Å². The van der Waals surface area contributed by atoms with Gasteiger partial charge in [-0.1, -0.05) is 17.7 Å². The molecule has 2 aromatic heterocycles. The van der Waals surface area contributed by atoms with Crippen molar-refractivity contribution in [3.8, 4) is 5.00 Å². The predicted octanol–water partition coefficient (Wildman–Crippen LogP) is 5.72. The molecule has 0 saturated carbocycles. The van der Waals surface area contributed by atoms with Crippen LogP contribution in [0.15, 0.2) is 35.2 Å². The molecule has 0 spiro atoms. The van der Waals surface area contributed by atoms with Gasteiger partial charge in [0.25, 0.3) is 11.1 Å². The Balaban J connectivity index is 1.40. The second kappa shape index (κ2) is 10.3. The average molecular weight is 550 g/mol. The number of carboxylic acid groups (broad SMARTS) is 1. The van der Waals surface area contributed by atoms with E-state index in [0.717, 1.165) is 75.3 Å². The molecule has 10 heteroatoms. The lowest BCUT2D eigenvalue weighted by molar-refractivity contribution is -0.127. The summed E-state index contributed by atoms with van der Waals surface area (Å²) in [6, 6.07) is 9.13. The van der Waals surface area contributed by atoms with Gasteiger partial charge in [-0.2, -0.15) is 0 Å². The van der Waals surface area contributed by atoms with E-state index in [4.69, 9.17) is 0 Å². The van der Waals surface area contributed by atoms with E-state index in [1.807, 2.05) is 43.5 Å². The van der Waals surface area contributed by atoms with Crippen LogP contribution in [0.4, 0.5) is 10.5 Å². The zero-order valence-corrected chi connectivity index (χ0v) is 22.9. The number of hydrogen-bond acceptors (Lipinski definition) is 6. The Hall–Kier alpha value is -3.63. The predicted molar refractivity (Wildman–Crippen MR) is 149 cm³/mol. The van der Waals surface area contributed by atoms with Crippen LogP contribution in [0.25, 0.3) is 11.1 Å². The van der Waals surface area contributed by atoms with E-state index in [-0.39, 0.29) is 11.4 Å². The Morgan fingerprint density at radius 1 is 1.08 bits per heavy atom. The first-order valence-electron chi connectivity index (χ1n) is 12.3. The Kier molecular flexibility index (Phi) is 7.02. The van der Waals surface area contributed by atoms with Gasteiger partial charge < -0.3 is 15.0 Å². The molecule has 3 amide bonds. The lowest BCUT2D eigenvalue weighted by Gasteiger charge is -2.12. The van der Waals surface area contributed by atoms with Crippen LogP contribution < -0.4 is 5.32 Å². The van der Waals surface area contributed by atoms with E-state index >= 15 is 0 Å². The van der Waals surface area contributed by atoms with E-state index in [2.05, 4.69) is 5.32 Å². The largest absolute Gasteiger partial charge is 0.478 e. The molecule has 2 aliphatic rings. The molecule has 38 heavy (non-hydrogen) atoms. The number of carboxylic acids is 1. The second-order valence-corrected chi connectivity index (χ2v) is 11.6. The summed E-state index contributed by atoms with van der Waals surface area (Å²) in [5, 5.41) is 12.9. The molecular weight excluding hydrogens is 522 g/mol. The van der Waals surface area contributed by atoms with Gasteiger partial charge in [0.1, 0.15) is 11.5 Å². The van der Waals surface area contributed by atoms with Crippen LogP contribution in [0, 0.1) is 20.8 Å². The van der Waals surface area contributed by atoms with Crippen molar-refractivity contribution in [3.05, 3.63) is 73.8 Å². The zero-order valence-electron chi connectivity index (χ0n) is 21.3. The van der Waals surface area contributed by atoms with Crippen molar-refractivity contribution in [2.45, 2.75) is 46.5 Å². The number of fused-ring (bicyclic) bond motifs is 1. The normalized spacial score (nSPS) is 16.3. The molecule has 0 radical (unpaired) electrons. The molecule has 0 unspecified atom stereocenters. The minimum atomic E-state index is -0.932. The van der Waals surface area contributed by atoms with E-state index in [0.29, 0.717) is 16.3 Å². The van der Waals surface area contributed by atoms with Crippen molar-refractivity contribution >= 4 is 57.9 Å². The third kappa shape index (κ3) is 4.81. The fourth-order valence-corrected chi connectivity index (χ4v) is 7.26. The number of hydrogen-bond donors (Lipinski definition) is 2. The van der Waals surface area contributed by atoms with Gasteiger partial charge >= 0.3 is 5.97 Å². The summed E-state index contributed by atoms with van der Waals surface area (Å²) in [4.78, 5) is 52.7. The first-order chi connectivity index (χ1) is 18.1. The summed E-state index contributed by atoms with van der Waals surface area (Å²) in [5.74, 6) is -1.92. The van der Waals surface area contributed by atoms with Crippen LogP contribution >= 0.6 is 23.1 Å². The minimum absolute atomic E-state index is 0.224. The van der Waals surface area contributed by atoms with Crippen LogP contribution in [0.3, 0.4) is 0 Å². The monoisotopic (exact) mass is 549 g/mol. The van der Waals surface area contributed by atoms with Gasteiger partial charge in [0.05, 0.1) is 10.5 Å². The summed E-state index contributed by atoms with van der Waals surface area (Å²) in [5.41, 5.74) is 5.28. The number of aromatic carboxylic acids is 1. The van der Waals surface area contributed by atoms with Crippen LogP contribution in [-0.4, -0.2) is 44.1 Å². The standard InChI is InChI=1S/C28H27N3O5S2/c1-15-8-10-19(11-9-15)29-23(32)14-30-25(33)22(38-28(30)36)13-18-12-16(2)31(17(18)3)26-24(27(34)35)20-6-4-5-7-21(20)37-26/h8-13H,4-7,14H2,1-3H3,(H,29,32)(H,34,35)/b22-13-. The molecule has 196 valence electrons. The molecule has 5 rings (SSSR count). The molecule has 1 aliphatic carbocycles. The van der Waals surface area contributed by atoms with Crippen LogP contribution in [0.2, 0.25) is 0 Å². The number of nitrogens with zero attached hydrogens (tertiary/aromatic N) is 2. The molecular formula is C28H27N3O5S2. The molecule has 8 nitrogen and oxygen atoms in total. The van der Waals surface area contributed by atoms with Gasteiger partial charge in [-0.25, -0.2) is 4.79 Å². The Morgan fingerprint density at radius 2 is 1.79 bits per heavy atom. The van der Waals surface area contributed by atoms with E-state index in [1.54, 1.807) is 18.2 Å². The smallest absolute Gasteiger partial charge is 0.339 e. The third-order valence-corrected chi connectivity index (χ3v) is 9.02. The number of rotatable bonds is 6. The van der Waals surface area contributed by atoms with Crippen molar-refractivity contribution in [3.63, 3.8) is 0 Å². The number of thioether (sulfide) groups is 1. The lowest BCUT2D eigenvalue weighted by Crippen LogP contribution is -2.36. The third-order valence-electron chi connectivity index (χ3n) is 6.84. The number of nitrogens with one attached hydrogen (secondary N) is 1. The number of thiophene rings is 1. The van der Waals surface area contributed by atoms with Crippen molar-refractivity contribution in [2.75, 3.05) is 11.9 Å². The van der Waals surface area contributed by atoms with Crippen molar-refractivity contribution in [1.29, 1.82) is 0 Å². The SMILES string of the molecule is Cc1ccc(NC(=O)CN2C(=O)S/C(=C\c3cc(C)n(-c4sc5c(c4C(=O)O)CCCC5)c3C)C2=O)cc1. The molecule has 3 heterocycles. The summed E-state index contributed by atoms with van der Waals surface area (Å²) < 4.78 is 1.93. The number of aromatic nitrogens is 1. The number of carbonyl (C=O) groups is 4. The molecule has 1 fully saturated rings. The van der Waals surface area contributed by atoms with Gasteiger partial charge in [-0.3, -0.25) is 19.3 Å². The fourth-order valence-electron chi connectivity index (χ4n) is 4.93. The fraction of sp³-hybridized carbons (Fsp3) is 0.286. The number of anilines is 1. The second-order valence-electron chi connectivity index (χ2n) is 9.54. The maximum atomic E-state index is 13.1. The number of imide groups is 1. The minimum Gasteiger partial charge on any atom is -0.478 e. The highest BCUT2D eigenvalue weighted by Gasteiger charge is 2.36. The van der Waals surface area contributed by atoms with Crippen LogP contribution in [0.5, 0.6) is 0 Å². The molecule has 0 bridgehead atoms. The van der Waals surface area contributed by atoms with Crippen molar-refractivity contribution < 1.29 is 24.3 Å². The van der Waals surface area contributed by atoms with E-state index in [1.165, 1.54) is 11.3 Å². The quantitative estimate of drug-likeness (QED) is 0.381. The maximum absolute atomic E-state index is 13.1. The van der Waals surface area contributed by atoms with Gasteiger partial charge in [-0.05, 0) is 93.6 Å². The van der Waals surface area contributed by atoms with Crippen LogP contribution in [-0.2, 0) is 22.4 Å². The molecule has 0 atom stereocenters. The van der Waals surface area contributed by atoms with Crippen molar-refractivity contribution in [2.24, 2.45) is 0 Å². The summed E-state index contributed by atoms with van der Waals surface area (Å²) in [7, 11) is 0. The highest BCUT2D eigenvalue weighted by molar-refractivity contribution is 8.18. The van der Waals surface area contributed by atoms with Gasteiger partial charge in [0.15, 0.2) is 0 Å². The highest BCUT2D eigenvalue weighted by Crippen LogP contribution is 2.40. The number of carbonyl (C=O) groups excluding carboxylic acids is 3. The average Bonchev–Trinajstić information content (AvgIpc) is 3.47. The Morgan fingerprint density at radius 3 is 2.50 bits per heavy atom. The maximum Gasteiger partial charge on any atom is 0.339 e. The van der Waals surface area contributed by atoms with Gasteiger partial charge in [-0.15, -0.1) is 11.3 Å². The summed E-state index contributed by atoms with van der Waals surface area (Å²) >= 11 is 2.31. The zero-order chi connectivity index (χ0) is 27.1. The molecule has 2 N–H and O–H groups in total. The summed E-state index contributed by atoms with van der Waals surface area (Å²) in [6.45, 7) is 5.34. The van der Waals surface area contributed by atoms with E-state index < -0.39 is 23.0 Å².